The first-order valence-corrected chi connectivity index (χ1v) is 6.78. The fourth-order valence-electron chi connectivity index (χ4n) is 1.98. The summed E-state index contributed by atoms with van der Waals surface area (Å²) in [7, 11) is 0. The van der Waals surface area contributed by atoms with E-state index in [1.807, 2.05) is 38.1 Å². The highest BCUT2D eigenvalue weighted by Crippen LogP contribution is 2.16. The van der Waals surface area contributed by atoms with E-state index < -0.39 is 0 Å². The molecule has 0 fully saturated rings. The largest absolute Gasteiger partial charge is 0.359 e. The third-order valence-electron chi connectivity index (χ3n) is 3.18. The van der Waals surface area contributed by atoms with Crippen molar-refractivity contribution in [2.75, 3.05) is 5.32 Å². The lowest BCUT2D eigenvalue weighted by Gasteiger charge is -2.08. The first-order valence-electron chi connectivity index (χ1n) is 6.78. The number of halogens is 1. The Morgan fingerprint density at radius 2 is 1.76 bits per heavy atom. The summed E-state index contributed by atoms with van der Waals surface area (Å²) in [5, 5.41) is 3.10. The van der Waals surface area contributed by atoms with E-state index in [2.05, 4.69) is 5.32 Å². The second kappa shape index (κ2) is 6.35. The Morgan fingerprint density at radius 1 is 1.10 bits per heavy atom. The van der Waals surface area contributed by atoms with Crippen LogP contribution in [0.1, 0.15) is 28.4 Å². The second-order valence-electron chi connectivity index (χ2n) is 5.15. The van der Waals surface area contributed by atoms with Gasteiger partial charge in [-0.1, -0.05) is 29.8 Å². The summed E-state index contributed by atoms with van der Waals surface area (Å²) in [6.45, 7) is 5.50. The summed E-state index contributed by atoms with van der Waals surface area (Å²) in [6, 6.07) is 12.2. The van der Waals surface area contributed by atoms with Gasteiger partial charge in [-0.2, -0.15) is 0 Å². The van der Waals surface area contributed by atoms with Crippen molar-refractivity contribution < 1.29 is 9.18 Å². The van der Waals surface area contributed by atoms with Crippen LogP contribution in [0.15, 0.2) is 54.2 Å². The minimum absolute atomic E-state index is 0.0566. The molecule has 0 aliphatic rings. The highest BCUT2D eigenvalue weighted by molar-refractivity contribution is 6.05. The molecule has 0 amide bonds. The van der Waals surface area contributed by atoms with Crippen LogP contribution in [0.5, 0.6) is 0 Å². The summed E-state index contributed by atoms with van der Waals surface area (Å²) in [6.07, 6.45) is 1.54. The Bertz CT molecular complexity index is 687. The molecule has 21 heavy (non-hydrogen) atoms. The van der Waals surface area contributed by atoms with Crippen molar-refractivity contribution in [3.05, 3.63) is 76.7 Å². The molecular formula is C18H18FNO. The third kappa shape index (κ3) is 4.02. The molecule has 0 radical (unpaired) electrons. The molecule has 0 heterocycles. The summed E-state index contributed by atoms with van der Waals surface area (Å²) >= 11 is 0. The molecule has 0 aliphatic carbocycles. The molecule has 2 rings (SSSR count). The van der Waals surface area contributed by atoms with Gasteiger partial charge < -0.3 is 5.32 Å². The monoisotopic (exact) mass is 283 g/mol. The summed E-state index contributed by atoms with van der Waals surface area (Å²) in [4.78, 5) is 12.1. The van der Waals surface area contributed by atoms with Crippen molar-refractivity contribution >= 4 is 11.5 Å². The quantitative estimate of drug-likeness (QED) is 0.654. The standard InChI is InChI=1S/C18H18FNO/c1-12-4-6-15(7-5-12)18(21)11-14(3)20-16-8-9-17(19)13(2)10-16/h4-11,20H,1-3H3/b14-11+. The van der Waals surface area contributed by atoms with Crippen LogP contribution in [0.25, 0.3) is 0 Å². The molecule has 0 aromatic heterocycles. The Balaban J connectivity index is 2.11. The number of benzene rings is 2. The van der Waals surface area contributed by atoms with Gasteiger partial charge in [-0.05, 0) is 44.5 Å². The van der Waals surface area contributed by atoms with Gasteiger partial charge in [0.15, 0.2) is 5.78 Å². The van der Waals surface area contributed by atoms with Crippen LogP contribution in [-0.4, -0.2) is 5.78 Å². The van der Waals surface area contributed by atoms with Gasteiger partial charge in [-0.25, -0.2) is 4.39 Å². The second-order valence-corrected chi connectivity index (χ2v) is 5.15. The van der Waals surface area contributed by atoms with Crippen LogP contribution >= 0.6 is 0 Å². The van der Waals surface area contributed by atoms with Crippen molar-refractivity contribution in [1.29, 1.82) is 0 Å². The number of carbonyl (C=O) groups excluding carboxylic acids is 1. The lowest BCUT2D eigenvalue weighted by atomic mass is 10.1. The van der Waals surface area contributed by atoms with Gasteiger partial charge in [-0.15, -0.1) is 0 Å². The van der Waals surface area contributed by atoms with E-state index in [1.165, 1.54) is 6.07 Å². The number of ketones is 1. The van der Waals surface area contributed by atoms with E-state index in [0.29, 0.717) is 16.8 Å². The van der Waals surface area contributed by atoms with Crippen LogP contribution < -0.4 is 5.32 Å². The molecule has 2 aromatic carbocycles. The number of hydrogen-bond donors (Lipinski definition) is 1. The molecule has 0 saturated carbocycles. The van der Waals surface area contributed by atoms with Gasteiger partial charge in [0, 0.05) is 23.0 Å². The number of carbonyl (C=O) groups is 1. The predicted octanol–water partition coefficient (Wildman–Crippen LogP) is 4.64. The average molecular weight is 283 g/mol. The van der Waals surface area contributed by atoms with Crippen LogP contribution in [0, 0.1) is 19.7 Å². The maximum atomic E-state index is 13.2. The topological polar surface area (TPSA) is 29.1 Å². The highest BCUT2D eigenvalue weighted by atomic mass is 19.1. The normalized spacial score (nSPS) is 11.3. The zero-order chi connectivity index (χ0) is 15.4. The smallest absolute Gasteiger partial charge is 0.187 e. The van der Waals surface area contributed by atoms with Gasteiger partial charge in [0.25, 0.3) is 0 Å². The molecule has 0 atom stereocenters. The fraction of sp³-hybridized carbons (Fsp3) is 0.167. The van der Waals surface area contributed by atoms with E-state index >= 15 is 0 Å². The molecule has 2 aromatic rings. The van der Waals surface area contributed by atoms with Crippen molar-refractivity contribution in [3.8, 4) is 0 Å². The zero-order valence-electron chi connectivity index (χ0n) is 12.4. The summed E-state index contributed by atoms with van der Waals surface area (Å²) < 4.78 is 13.2. The van der Waals surface area contributed by atoms with Gasteiger partial charge in [-0.3, -0.25) is 4.79 Å². The molecule has 0 spiro atoms. The lowest BCUT2D eigenvalue weighted by Crippen LogP contribution is -2.02. The Hall–Kier alpha value is -2.42. The highest BCUT2D eigenvalue weighted by Gasteiger charge is 2.04. The number of anilines is 1. The number of rotatable bonds is 4. The molecule has 0 unspecified atom stereocenters. The molecule has 0 aliphatic heterocycles. The Morgan fingerprint density at radius 3 is 2.38 bits per heavy atom. The van der Waals surface area contributed by atoms with Crippen molar-refractivity contribution in [2.24, 2.45) is 0 Å². The molecule has 3 heteroatoms. The number of hydrogen-bond acceptors (Lipinski definition) is 2. The molecule has 0 bridgehead atoms. The molecular weight excluding hydrogens is 265 g/mol. The van der Waals surface area contributed by atoms with E-state index in [0.717, 1.165) is 11.3 Å². The molecule has 108 valence electrons. The average Bonchev–Trinajstić information content (AvgIpc) is 2.43. The van der Waals surface area contributed by atoms with Crippen molar-refractivity contribution in [1.82, 2.24) is 0 Å². The predicted molar refractivity (Wildman–Crippen MR) is 84.0 cm³/mol. The zero-order valence-corrected chi connectivity index (χ0v) is 12.4. The van der Waals surface area contributed by atoms with Gasteiger partial charge >= 0.3 is 0 Å². The molecule has 0 saturated heterocycles. The third-order valence-corrected chi connectivity index (χ3v) is 3.18. The van der Waals surface area contributed by atoms with E-state index in [4.69, 9.17) is 0 Å². The van der Waals surface area contributed by atoms with Crippen LogP contribution in [0.4, 0.5) is 10.1 Å². The minimum Gasteiger partial charge on any atom is -0.359 e. The van der Waals surface area contributed by atoms with Gasteiger partial charge in [0.1, 0.15) is 5.82 Å². The van der Waals surface area contributed by atoms with E-state index in [1.54, 1.807) is 25.1 Å². The van der Waals surface area contributed by atoms with Gasteiger partial charge in [0.2, 0.25) is 0 Å². The molecule has 1 N–H and O–H groups in total. The number of nitrogens with one attached hydrogen (secondary N) is 1. The summed E-state index contributed by atoms with van der Waals surface area (Å²) in [5.74, 6) is -0.295. The Labute approximate surface area is 124 Å². The maximum absolute atomic E-state index is 13.2. The Kier molecular flexibility index (Phi) is 4.53. The van der Waals surface area contributed by atoms with Crippen LogP contribution in [0.3, 0.4) is 0 Å². The van der Waals surface area contributed by atoms with Gasteiger partial charge in [0.05, 0.1) is 0 Å². The van der Waals surface area contributed by atoms with Crippen molar-refractivity contribution in [3.63, 3.8) is 0 Å². The first kappa shape index (κ1) is 15.0. The number of allylic oxidation sites excluding steroid dienone is 2. The lowest BCUT2D eigenvalue weighted by molar-refractivity contribution is 0.104. The number of aryl methyl sites for hydroxylation is 2. The fourth-order valence-corrected chi connectivity index (χ4v) is 1.98. The van der Waals surface area contributed by atoms with E-state index in [9.17, 15) is 9.18 Å². The van der Waals surface area contributed by atoms with Crippen molar-refractivity contribution in [2.45, 2.75) is 20.8 Å². The van der Waals surface area contributed by atoms with Crippen LogP contribution in [-0.2, 0) is 0 Å². The van der Waals surface area contributed by atoms with Crippen LogP contribution in [0.2, 0.25) is 0 Å². The molecule has 2 nitrogen and oxygen atoms in total. The summed E-state index contributed by atoms with van der Waals surface area (Å²) in [5.41, 5.74) is 3.81. The first-order chi connectivity index (χ1) is 9.95. The SMILES string of the molecule is C/C(=C\C(=O)c1ccc(C)cc1)Nc1ccc(F)c(C)c1. The van der Waals surface area contributed by atoms with E-state index in [-0.39, 0.29) is 11.6 Å². The minimum atomic E-state index is -0.238. The maximum Gasteiger partial charge on any atom is 0.187 e.